The second-order valence-electron chi connectivity index (χ2n) is 5.13. The summed E-state index contributed by atoms with van der Waals surface area (Å²) in [7, 11) is 1.35. The third-order valence-corrected chi connectivity index (χ3v) is 3.63. The molecule has 0 amide bonds. The number of benzene rings is 1. The number of nitrogens with zero attached hydrogens (tertiary/aromatic N) is 2. The van der Waals surface area contributed by atoms with Crippen LogP contribution in [0.4, 0.5) is 0 Å². The predicted octanol–water partition coefficient (Wildman–Crippen LogP) is 3.77. The summed E-state index contributed by atoms with van der Waals surface area (Å²) in [6.07, 6.45) is 2.69. The molecule has 1 heterocycles. The van der Waals surface area contributed by atoms with Crippen LogP contribution >= 0.6 is 11.6 Å². The van der Waals surface area contributed by atoms with E-state index in [1.165, 1.54) is 12.7 Å². The molecule has 0 saturated carbocycles. The van der Waals surface area contributed by atoms with Crippen molar-refractivity contribution in [3.8, 4) is 0 Å². The number of rotatable bonds is 5. The Balaban J connectivity index is 2.33. The average molecular weight is 319 g/mol. The van der Waals surface area contributed by atoms with E-state index in [0.29, 0.717) is 23.4 Å². The Hall–Kier alpha value is -1.94. The minimum Gasteiger partial charge on any atom is -0.465 e. The molecule has 0 atom stereocenters. The average Bonchev–Trinajstić information content (AvgIpc) is 2.48. The van der Waals surface area contributed by atoms with Crippen molar-refractivity contribution in [3.63, 3.8) is 0 Å². The summed E-state index contributed by atoms with van der Waals surface area (Å²) >= 11 is 5.93. The number of esters is 1. The maximum Gasteiger partial charge on any atom is 0.341 e. The molecule has 4 nitrogen and oxygen atoms in total. The first kappa shape index (κ1) is 16.4. The third-order valence-electron chi connectivity index (χ3n) is 3.46. The van der Waals surface area contributed by atoms with E-state index in [-0.39, 0.29) is 5.28 Å². The Kier molecular flexibility index (Phi) is 5.50. The number of hydrogen-bond donors (Lipinski definition) is 0. The van der Waals surface area contributed by atoms with Crippen LogP contribution in [0.2, 0.25) is 5.28 Å². The lowest BCUT2D eigenvalue weighted by molar-refractivity contribution is 0.0597. The van der Waals surface area contributed by atoms with Crippen LogP contribution in [0.25, 0.3) is 0 Å². The molecule has 0 radical (unpaired) electrons. The maximum atomic E-state index is 12.0. The highest BCUT2D eigenvalue weighted by Crippen LogP contribution is 2.19. The molecule has 0 saturated heterocycles. The molecule has 5 heteroatoms. The normalized spacial score (nSPS) is 10.5. The molecule has 0 aliphatic rings. The van der Waals surface area contributed by atoms with Gasteiger partial charge in [0.15, 0.2) is 0 Å². The number of halogens is 1. The van der Waals surface area contributed by atoms with Crippen molar-refractivity contribution in [3.05, 3.63) is 57.6 Å². The van der Waals surface area contributed by atoms with Gasteiger partial charge in [0.1, 0.15) is 5.56 Å². The SMILES string of the molecule is CCCc1ccc(Cc2nc(Cl)nc(C)c2C(=O)OC)cc1. The van der Waals surface area contributed by atoms with Gasteiger partial charge >= 0.3 is 5.97 Å². The Morgan fingerprint density at radius 1 is 1.18 bits per heavy atom. The lowest BCUT2D eigenvalue weighted by Crippen LogP contribution is -2.12. The number of carbonyl (C=O) groups is 1. The van der Waals surface area contributed by atoms with Crippen LogP contribution in [0.15, 0.2) is 24.3 Å². The zero-order valence-electron chi connectivity index (χ0n) is 13.0. The third kappa shape index (κ3) is 3.83. The van der Waals surface area contributed by atoms with Crippen LogP contribution in [0.5, 0.6) is 0 Å². The molecule has 0 aliphatic heterocycles. The Bertz CT molecular complexity index is 669. The molecule has 0 fully saturated rings. The van der Waals surface area contributed by atoms with Crippen molar-refractivity contribution in [2.24, 2.45) is 0 Å². The van der Waals surface area contributed by atoms with E-state index in [0.717, 1.165) is 18.4 Å². The molecular weight excluding hydrogens is 300 g/mol. The van der Waals surface area contributed by atoms with Crippen molar-refractivity contribution >= 4 is 17.6 Å². The second kappa shape index (κ2) is 7.36. The molecule has 2 aromatic rings. The second-order valence-corrected chi connectivity index (χ2v) is 5.47. The predicted molar refractivity (Wildman–Crippen MR) is 86.4 cm³/mol. The van der Waals surface area contributed by atoms with Crippen molar-refractivity contribution in [1.82, 2.24) is 9.97 Å². The maximum absolute atomic E-state index is 12.0. The lowest BCUT2D eigenvalue weighted by Gasteiger charge is -2.10. The minimum atomic E-state index is -0.438. The fraction of sp³-hybridized carbons (Fsp3) is 0.353. The van der Waals surface area contributed by atoms with Crippen molar-refractivity contribution in [2.45, 2.75) is 33.1 Å². The van der Waals surface area contributed by atoms with Gasteiger partial charge in [0, 0.05) is 6.42 Å². The fourth-order valence-electron chi connectivity index (χ4n) is 2.40. The van der Waals surface area contributed by atoms with Crippen molar-refractivity contribution in [2.75, 3.05) is 7.11 Å². The molecule has 0 N–H and O–H groups in total. The molecule has 1 aromatic carbocycles. The standard InChI is InChI=1S/C17H19ClN2O2/c1-4-5-12-6-8-13(9-7-12)10-14-15(16(21)22-3)11(2)19-17(18)20-14/h6-9H,4-5,10H2,1-3H3. The number of carbonyl (C=O) groups excluding carboxylic acids is 1. The van der Waals surface area contributed by atoms with Crippen molar-refractivity contribution < 1.29 is 9.53 Å². The number of methoxy groups -OCH3 is 1. The van der Waals surface area contributed by atoms with E-state index < -0.39 is 5.97 Å². The van der Waals surface area contributed by atoms with Gasteiger partial charge in [-0.1, -0.05) is 37.6 Å². The highest BCUT2D eigenvalue weighted by Gasteiger charge is 2.19. The minimum absolute atomic E-state index is 0.141. The molecule has 2 rings (SSSR count). The van der Waals surface area contributed by atoms with E-state index in [1.807, 2.05) is 0 Å². The first-order valence-electron chi connectivity index (χ1n) is 7.24. The van der Waals surface area contributed by atoms with Gasteiger partial charge in [0.25, 0.3) is 0 Å². The van der Waals surface area contributed by atoms with E-state index in [1.54, 1.807) is 6.92 Å². The Morgan fingerprint density at radius 2 is 1.82 bits per heavy atom. The van der Waals surface area contributed by atoms with Gasteiger partial charge < -0.3 is 4.74 Å². The summed E-state index contributed by atoms with van der Waals surface area (Å²) in [5, 5.41) is 0.141. The van der Waals surface area contributed by atoms with Crippen molar-refractivity contribution in [1.29, 1.82) is 0 Å². The molecule has 0 spiro atoms. The van der Waals surface area contributed by atoms with E-state index in [4.69, 9.17) is 16.3 Å². The lowest BCUT2D eigenvalue weighted by atomic mass is 10.0. The highest BCUT2D eigenvalue weighted by molar-refractivity contribution is 6.28. The smallest absolute Gasteiger partial charge is 0.341 e. The molecule has 22 heavy (non-hydrogen) atoms. The summed E-state index contributed by atoms with van der Waals surface area (Å²) in [5.41, 5.74) is 3.89. The summed E-state index contributed by atoms with van der Waals surface area (Å²) in [6.45, 7) is 3.88. The van der Waals surface area contributed by atoms with E-state index in [9.17, 15) is 4.79 Å². The van der Waals surface area contributed by atoms with Crippen LogP contribution in [0.3, 0.4) is 0 Å². The van der Waals surface area contributed by atoms with Gasteiger partial charge in [-0.05, 0) is 36.1 Å². The largest absolute Gasteiger partial charge is 0.465 e. The van der Waals surface area contributed by atoms with Gasteiger partial charge in [-0.2, -0.15) is 0 Å². The summed E-state index contributed by atoms with van der Waals surface area (Å²) in [5.74, 6) is -0.438. The first-order valence-corrected chi connectivity index (χ1v) is 7.62. The monoisotopic (exact) mass is 318 g/mol. The van der Waals surface area contributed by atoms with Gasteiger partial charge in [-0.25, -0.2) is 14.8 Å². The highest BCUT2D eigenvalue weighted by atomic mass is 35.5. The van der Waals surface area contributed by atoms with Crippen LogP contribution in [0.1, 0.15) is 46.2 Å². The Morgan fingerprint density at radius 3 is 2.41 bits per heavy atom. The van der Waals surface area contributed by atoms with Crippen LogP contribution < -0.4 is 0 Å². The fourth-order valence-corrected chi connectivity index (χ4v) is 2.63. The van der Waals surface area contributed by atoms with Crippen LogP contribution in [0, 0.1) is 6.92 Å². The number of ether oxygens (including phenoxy) is 1. The van der Waals surface area contributed by atoms with Gasteiger partial charge in [-0.3, -0.25) is 0 Å². The van der Waals surface area contributed by atoms with Crippen LogP contribution in [-0.2, 0) is 17.6 Å². The van der Waals surface area contributed by atoms with Gasteiger partial charge in [0.2, 0.25) is 5.28 Å². The van der Waals surface area contributed by atoms with Gasteiger partial charge in [-0.15, -0.1) is 0 Å². The van der Waals surface area contributed by atoms with E-state index >= 15 is 0 Å². The number of aryl methyl sites for hydroxylation is 2. The molecular formula is C17H19ClN2O2. The summed E-state index contributed by atoms with van der Waals surface area (Å²) in [4.78, 5) is 20.2. The summed E-state index contributed by atoms with van der Waals surface area (Å²) < 4.78 is 4.82. The number of hydrogen-bond acceptors (Lipinski definition) is 4. The Labute approximate surface area is 135 Å². The molecule has 0 aliphatic carbocycles. The first-order chi connectivity index (χ1) is 10.5. The molecule has 0 bridgehead atoms. The zero-order valence-corrected chi connectivity index (χ0v) is 13.8. The topological polar surface area (TPSA) is 52.1 Å². The van der Waals surface area contributed by atoms with E-state index in [2.05, 4.69) is 41.2 Å². The number of aromatic nitrogens is 2. The summed E-state index contributed by atoms with van der Waals surface area (Å²) in [6, 6.07) is 8.31. The molecule has 1 aromatic heterocycles. The van der Waals surface area contributed by atoms with Crippen LogP contribution in [-0.4, -0.2) is 23.0 Å². The van der Waals surface area contributed by atoms with Gasteiger partial charge in [0.05, 0.1) is 18.5 Å². The molecule has 0 unspecified atom stereocenters. The quantitative estimate of drug-likeness (QED) is 0.622. The zero-order chi connectivity index (χ0) is 16.1. The molecule has 116 valence electrons.